The van der Waals surface area contributed by atoms with Gasteiger partial charge in [-0.2, -0.15) is 0 Å². The third-order valence-corrected chi connectivity index (χ3v) is 2.86. The lowest BCUT2D eigenvalue weighted by atomic mass is 9.95. The minimum Gasteiger partial charge on any atom is -0.466 e. The first kappa shape index (κ1) is 14.8. The Labute approximate surface area is 114 Å². The molecule has 0 radical (unpaired) electrons. The molecule has 0 amide bonds. The summed E-state index contributed by atoms with van der Waals surface area (Å²) in [5.41, 5.74) is 0.984. The molecule has 2 nitrogen and oxygen atoms in total. The Kier molecular flexibility index (Phi) is 5.93. The van der Waals surface area contributed by atoms with Gasteiger partial charge in [-0.3, -0.25) is 4.79 Å². The highest BCUT2D eigenvalue weighted by molar-refractivity contribution is 6.30. The minimum atomic E-state index is -0.219. The van der Waals surface area contributed by atoms with Gasteiger partial charge in [0.15, 0.2) is 0 Å². The van der Waals surface area contributed by atoms with E-state index in [1.807, 2.05) is 57.2 Å². The number of hydrogen-bond donors (Lipinski definition) is 0. The van der Waals surface area contributed by atoms with E-state index in [1.165, 1.54) is 0 Å². The fourth-order valence-corrected chi connectivity index (χ4v) is 1.84. The summed E-state index contributed by atoms with van der Waals surface area (Å²) in [6, 6.07) is 7.52. The van der Waals surface area contributed by atoms with Gasteiger partial charge in [-0.1, -0.05) is 49.7 Å². The van der Waals surface area contributed by atoms with Crippen LogP contribution in [0.4, 0.5) is 0 Å². The monoisotopic (exact) mass is 266 g/mol. The topological polar surface area (TPSA) is 26.3 Å². The molecule has 0 aromatic heterocycles. The van der Waals surface area contributed by atoms with E-state index in [0.717, 1.165) is 5.56 Å². The van der Waals surface area contributed by atoms with E-state index >= 15 is 0 Å². The van der Waals surface area contributed by atoms with Crippen LogP contribution in [0.3, 0.4) is 0 Å². The fourth-order valence-electron chi connectivity index (χ4n) is 1.64. The Bertz CT molecular complexity index is 424. The van der Waals surface area contributed by atoms with Crippen LogP contribution in [0.15, 0.2) is 30.3 Å². The molecule has 0 heterocycles. The Morgan fingerprint density at radius 2 is 2.17 bits per heavy atom. The van der Waals surface area contributed by atoms with Crippen molar-refractivity contribution in [2.24, 2.45) is 11.8 Å². The van der Waals surface area contributed by atoms with Crippen molar-refractivity contribution in [1.82, 2.24) is 0 Å². The summed E-state index contributed by atoms with van der Waals surface area (Å²) in [5.74, 6) is -0.186. The van der Waals surface area contributed by atoms with Crippen LogP contribution in [0.1, 0.15) is 26.3 Å². The SMILES string of the molecule is CCOC(=O)C(/C=C/c1cccc(Cl)c1)C(C)C. The summed E-state index contributed by atoms with van der Waals surface area (Å²) in [4.78, 5) is 11.8. The summed E-state index contributed by atoms with van der Waals surface area (Å²) in [6.45, 7) is 6.23. The molecule has 1 aromatic rings. The number of carbonyl (C=O) groups excluding carboxylic acids is 1. The lowest BCUT2D eigenvalue weighted by Crippen LogP contribution is -2.20. The maximum absolute atomic E-state index is 11.8. The van der Waals surface area contributed by atoms with Crippen molar-refractivity contribution in [3.63, 3.8) is 0 Å². The number of esters is 1. The van der Waals surface area contributed by atoms with Crippen LogP contribution in [-0.4, -0.2) is 12.6 Å². The van der Waals surface area contributed by atoms with E-state index in [1.54, 1.807) is 0 Å². The zero-order chi connectivity index (χ0) is 13.5. The van der Waals surface area contributed by atoms with Gasteiger partial charge in [-0.15, -0.1) is 0 Å². The van der Waals surface area contributed by atoms with Crippen molar-refractivity contribution in [1.29, 1.82) is 0 Å². The number of rotatable bonds is 5. The van der Waals surface area contributed by atoms with Gasteiger partial charge in [-0.05, 0) is 30.5 Å². The molecule has 0 saturated heterocycles. The largest absolute Gasteiger partial charge is 0.466 e. The third kappa shape index (κ3) is 4.53. The molecule has 98 valence electrons. The lowest BCUT2D eigenvalue weighted by Gasteiger charge is -2.15. The zero-order valence-electron chi connectivity index (χ0n) is 11.0. The molecular formula is C15H19ClO2. The molecule has 18 heavy (non-hydrogen) atoms. The van der Waals surface area contributed by atoms with E-state index in [2.05, 4.69) is 0 Å². The first-order valence-corrected chi connectivity index (χ1v) is 6.52. The van der Waals surface area contributed by atoms with Gasteiger partial charge in [0.1, 0.15) is 0 Å². The summed E-state index contributed by atoms with van der Waals surface area (Å²) < 4.78 is 5.06. The second-order valence-electron chi connectivity index (χ2n) is 4.44. The van der Waals surface area contributed by atoms with Crippen molar-refractivity contribution < 1.29 is 9.53 Å². The van der Waals surface area contributed by atoms with Gasteiger partial charge < -0.3 is 4.74 Å². The molecular weight excluding hydrogens is 248 g/mol. The Morgan fingerprint density at radius 3 is 2.72 bits per heavy atom. The van der Waals surface area contributed by atoms with Gasteiger partial charge in [-0.25, -0.2) is 0 Å². The van der Waals surface area contributed by atoms with Crippen molar-refractivity contribution in [2.75, 3.05) is 6.61 Å². The first-order valence-electron chi connectivity index (χ1n) is 6.15. The van der Waals surface area contributed by atoms with Crippen molar-refractivity contribution in [3.05, 3.63) is 40.9 Å². The predicted octanol–water partition coefficient (Wildman–Crippen LogP) is 4.19. The summed E-state index contributed by atoms with van der Waals surface area (Å²) in [7, 11) is 0. The fraction of sp³-hybridized carbons (Fsp3) is 0.400. The molecule has 1 unspecified atom stereocenters. The average molecular weight is 267 g/mol. The first-order chi connectivity index (χ1) is 8.54. The van der Waals surface area contributed by atoms with Crippen LogP contribution in [0.5, 0.6) is 0 Å². The maximum atomic E-state index is 11.8. The van der Waals surface area contributed by atoms with Crippen LogP contribution in [0.25, 0.3) is 6.08 Å². The lowest BCUT2D eigenvalue weighted by molar-refractivity contribution is -0.147. The van der Waals surface area contributed by atoms with E-state index in [4.69, 9.17) is 16.3 Å². The maximum Gasteiger partial charge on any atom is 0.313 e. The molecule has 3 heteroatoms. The highest BCUT2D eigenvalue weighted by Crippen LogP contribution is 2.18. The molecule has 0 aliphatic carbocycles. The van der Waals surface area contributed by atoms with Crippen LogP contribution in [-0.2, 0) is 9.53 Å². The summed E-state index contributed by atoms with van der Waals surface area (Å²) in [5, 5.41) is 0.689. The smallest absolute Gasteiger partial charge is 0.313 e. The second kappa shape index (κ2) is 7.22. The molecule has 0 fully saturated rings. The van der Waals surface area contributed by atoms with Crippen molar-refractivity contribution in [3.8, 4) is 0 Å². The molecule has 1 rings (SSSR count). The number of halogens is 1. The molecule has 1 atom stereocenters. The molecule has 0 N–H and O–H groups in total. The van der Waals surface area contributed by atoms with E-state index in [9.17, 15) is 4.79 Å². The molecule has 0 aliphatic rings. The molecule has 1 aromatic carbocycles. The standard InChI is InChI=1S/C15H19ClO2/c1-4-18-15(17)14(11(2)3)9-8-12-6-5-7-13(16)10-12/h5-11,14H,4H2,1-3H3/b9-8+. The van der Waals surface area contributed by atoms with Gasteiger partial charge in [0, 0.05) is 5.02 Å². The molecule has 0 bridgehead atoms. The van der Waals surface area contributed by atoms with E-state index in [0.29, 0.717) is 11.6 Å². The summed E-state index contributed by atoms with van der Waals surface area (Å²) >= 11 is 5.91. The Morgan fingerprint density at radius 1 is 1.44 bits per heavy atom. The highest BCUT2D eigenvalue weighted by atomic mass is 35.5. The Balaban J connectivity index is 2.80. The van der Waals surface area contributed by atoms with Gasteiger partial charge >= 0.3 is 5.97 Å². The zero-order valence-corrected chi connectivity index (χ0v) is 11.8. The van der Waals surface area contributed by atoms with Gasteiger partial charge in [0.05, 0.1) is 12.5 Å². The molecule has 0 spiro atoms. The van der Waals surface area contributed by atoms with Crippen molar-refractivity contribution in [2.45, 2.75) is 20.8 Å². The van der Waals surface area contributed by atoms with Crippen molar-refractivity contribution >= 4 is 23.6 Å². The number of carbonyl (C=O) groups is 1. The van der Waals surface area contributed by atoms with Crippen LogP contribution in [0.2, 0.25) is 5.02 Å². The number of ether oxygens (including phenoxy) is 1. The average Bonchev–Trinajstić information content (AvgIpc) is 2.29. The number of hydrogen-bond acceptors (Lipinski definition) is 2. The third-order valence-electron chi connectivity index (χ3n) is 2.62. The second-order valence-corrected chi connectivity index (χ2v) is 4.87. The normalized spacial score (nSPS) is 12.9. The van der Waals surface area contributed by atoms with Crippen LogP contribution < -0.4 is 0 Å². The van der Waals surface area contributed by atoms with Crippen LogP contribution >= 0.6 is 11.6 Å². The van der Waals surface area contributed by atoms with Crippen LogP contribution in [0, 0.1) is 11.8 Å². The number of benzene rings is 1. The molecule has 0 saturated carbocycles. The van der Waals surface area contributed by atoms with Gasteiger partial charge in [0.25, 0.3) is 0 Å². The Hall–Kier alpha value is -1.28. The highest BCUT2D eigenvalue weighted by Gasteiger charge is 2.20. The summed E-state index contributed by atoms with van der Waals surface area (Å²) in [6.07, 6.45) is 3.79. The minimum absolute atomic E-state index is 0.175. The predicted molar refractivity (Wildman–Crippen MR) is 75.4 cm³/mol. The van der Waals surface area contributed by atoms with Gasteiger partial charge in [0.2, 0.25) is 0 Å². The van der Waals surface area contributed by atoms with E-state index < -0.39 is 0 Å². The molecule has 0 aliphatic heterocycles. The quantitative estimate of drug-likeness (QED) is 0.747. The van der Waals surface area contributed by atoms with E-state index in [-0.39, 0.29) is 17.8 Å².